The molecule has 0 unspecified atom stereocenters. The van der Waals surface area contributed by atoms with Gasteiger partial charge in [-0.3, -0.25) is 0 Å². The van der Waals surface area contributed by atoms with Crippen LogP contribution in [-0.2, 0) is 0 Å². The van der Waals surface area contributed by atoms with Crippen molar-refractivity contribution < 1.29 is 4.42 Å². The molecule has 2 heterocycles. The van der Waals surface area contributed by atoms with E-state index in [9.17, 15) is 0 Å². The maximum absolute atomic E-state index is 6.82. The first-order valence-electron chi connectivity index (χ1n) is 18.0. The smallest absolute Gasteiger partial charge is 0.145 e. The molecular weight excluding hydrogens is 663 g/mol. The number of rotatable bonds is 5. The van der Waals surface area contributed by atoms with Gasteiger partial charge in [-0.25, -0.2) is 0 Å². The largest absolute Gasteiger partial charge is 0.455 e. The SMILES string of the molecule is c1ccc(-c2ccc(N(c3cccc4c3ccc3ccccc34)c3cccc4c3sc3c(-c5ccccc5)cccc34)c3c2oc2ccccc23)cc1. The minimum Gasteiger partial charge on any atom is -0.455 e. The highest BCUT2D eigenvalue weighted by Gasteiger charge is 2.26. The van der Waals surface area contributed by atoms with Crippen molar-refractivity contribution in [2.45, 2.75) is 0 Å². The summed E-state index contributed by atoms with van der Waals surface area (Å²) in [5, 5.41) is 9.64. The molecule has 0 bridgehead atoms. The molecule has 53 heavy (non-hydrogen) atoms. The fourth-order valence-corrected chi connectivity index (χ4v) is 9.62. The van der Waals surface area contributed by atoms with Crippen molar-refractivity contribution in [3.63, 3.8) is 0 Å². The van der Waals surface area contributed by atoms with Crippen LogP contribution in [0.2, 0.25) is 0 Å². The molecule has 0 amide bonds. The van der Waals surface area contributed by atoms with Crippen LogP contribution in [0, 0.1) is 0 Å². The minimum absolute atomic E-state index is 0.878. The monoisotopic (exact) mass is 693 g/mol. The van der Waals surface area contributed by atoms with Crippen molar-refractivity contribution >= 4 is 92.1 Å². The number of anilines is 3. The highest BCUT2D eigenvalue weighted by atomic mass is 32.1. The van der Waals surface area contributed by atoms with Crippen LogP contribution in [0.25, 0.3) is 85.9 Å². The zero-order valence-electron chi connectivity index (χ0n) is 28.7. The van der Waals surface area contributed by atoms with Crippen molar-refractivity contribution in [3.05, 3.63) is 188 Å². The maximum atomic E-state index is 6.82. The topological polar surface area (TPSA) is 16.4 Å². The average Bonchev–Trinajstić information content (AvgIpc) is 3.81. The van der Waals surface area contributed by atoms with E-state index >= 15 is 0 Å². The normalized spacial score (nSPS) is 11.8. The lowest BCUT2D eigenvalue weighted by Crippen LogP contribution is -2.11. The summed E-state index contributed by atoms with van der Waals surface area (Å²) in [5.74, 6) is 0. The van der Waals surface area contributed by atoms with Crippen molar-refractivity contribution in [2.75, 3.05) is 4.90 Å². The van der Waals surface area contributed by atoms with Gasteiger partial charge >= 0.3 is 0 Å². The van der Waals surface area contributed by atoms with Crippen molar-refractivity contribution in [1.29, 1.82) is 0 Å². The van der Waals surface area contributed by atoms with Crippen molar-refractivity contribution in [2.24, 2.45) is 0 Å². The van der Waals surface area contributed by atoms with E-state index in [1.54, 1.807) is 0 Å². The molecule has 0 aliphatic rings. The number of thiophene rings is 1. The first-order chi connectivity index (χ1) is 26.3. The molecule has 2 aromatic heterocycles. The van der Waals surface area contributed by atoms with E-state index in [1.165, 1.54) is 52.8 Å². The second-order valence-corrected chi connectivity index (χ2v) is 14.6. The van der Waals surface area contributed by atoms with Gasteiger partial charge in [0.2, 0.25) is 0 Å². The fourth-order valence-electron chi connectivity index (χ4n) is 8.28. The fraction of sp³-hybridized carbons (Fsp3) is 0. The van der Waals surface area contributed by atoms with E-state index in [2.05, 4.69) is 193 Å². The molecule has 11 aromatic rings. The van der Waals surface area contributed by atoms with Crippen LogP contribution < -0.4 is 4.90 Å². The lowest BCUT2D eigenvalue weighted by Gasteiger charge is -2.28. The summed E-state index contributed by atoms with van der Waals surface area (Å²) in [6.07, 6.45) is 0. The Bertz CT molecular complexity index is 3180. The van der Waals surface area contributed by atoms with E-state index in [0.29, 0.717) is 0 Å². The number of para-hydroxylation sites is 1. The number of benzene rings is 9. The lowest BCUT2D eigenvalue weighted by atomic mass is 9.97. The molecule has 0 saturated heterocycles. The number of hydrogen-bond acceptors (Lipinski definition) is 3. The third kappa shape index (κ3) is 4.64. The van der Waals surface area contributed by atoms with Gasteiger partial charge in [0.25, 0.3) is 0 Å². The van der Waals surface area contributed by atoms with Crippen LogP contribution in [0.15, 0.2) is 192 Å². The Labute approximate surface area is 310 Å². The molecule has 0 radical (unpaired) electrons. The zero-order chi connectivity index (χ0) is 34.9. The Morgan fingerprint density at radius 2 is 0.981 bits per heavy atom. The van der Waals surface area contributed by atoms with Gasteiger partial charge in [-0.05, 0) is 63.2 Å². The molecule has 11 rings (SSSR count). The summed E-state index contributed by atoms with van der Waals surface area (Å²) < 4.78 is 9.36. The molecular formula is C50H31NOS. The second-order valence-electron chi connectivity index (χ2n) is 13.6. The summed E-state index contributed by atoms with van der Waals surface area (Å²) >= 11 is 1.88. The van der Waals surface area contributed by atoms with Crippen LogP contribution >= 0.6 is 11.3 Å². The molecule has 0 fully saturated rings. The second kappa shape index (κ2) is 11.9. The van der Waals surface area contributed by atoms with Gasteiger partial charge in [-0.2, -0.15) is 0 Å². The molecule has 0 aliphatic heterocycles. The van der Waals surface area contributed by atoms with Gasteiger partial charge in [0, 0.05) is 31.8 Å². The van der Waals surface area contributed by atoms with E-state index < -0.39 is 0 Å². The third-order valence-electron chi connectivity index (χ3n) is 10.7. The number of hydrogen-bond donors (Lipinski definition) is 0. The van der Waals surface area contributed by atoms with Gasteiger partial charge in [-0.15, -0.1) is 11.3 Å². The predicted molar refractivity (Wildman–Crippen MR) is 227 cm³/mol. The summed E-state index contributed by atoms with van der Waals surface area (Å²) in [6, 6.07) is 67.8. The molecule has 9 aromatic carbocycles. The van der Waals surface area contributed by atoms with Crippen LogP contribution in [0.1, 0.15) is 0 Å². The van der Waals surface area contributed by atoms with Crippen molar-refractivity contribution in [3.8, 4) is 22.3 Å². The number of furan rings is 1. The van der Waals surface area contributed by atoms with Gasteiger partial charge in [0.1, 0.15) is 11.2 Å². The first kappa shape index (κ1) is 30.0. The predicted octanol–water partition coefficient (Wildman–Crippen LogP) is 15.1. The Morgan fingerprint density at radius 3 is 1.79 bits per heavy atom. The van der Waals surface area contributed by atoms with Gasteiger partial charge in [-0.1, -0.05) is 158 Å². The van der Waals surface area contributed by atoms with Crippen molar-refractivity contribution in [1.82, 2.24) is 0 Å². The zero-order valence-corrected chi connectivity index (χ0v) is 29.5. The summed E-state index contributed by atoms with van der Waals surface area (Å²) in [4.78, 5) is 2.50. The molecule has 0 saturated carbocycles. The number of fused-ring (bicyclic) bond motifs is 9. The Morgan fingerprint density at radius 1 is 0.358 bits per heavy atom. The van der Waals surface area contributed by atoms with E-state index in [4.69, 9.17) is 4.42 Å². The highest BCUT2D eigenvalue weighted by molar-refractivity contribution is 7.27. The van der Waals surface area contributed by atoms with Crippen LogP contribution in [0.4, 0.5) is 17.1 Å². The molecule has 0 spiro atoms. The Hall–Kier alpha value is -6.68. The highest BCUT2D eigenvalue weighted by Crippen LogP contribution is 2.51. The average molecular weight is 694 g/mol. The Kier molecular flexibility index (Phi) is 6.76. The summed E-state index contributed by atoms with van der Waals surface area (Å²) in [7, 11) is 0. The minimum atomic E-state index is 0.878. The van der Waals surface area contributed by atoms with E-state index in [0.717, 1.165) is 50.1 Å². The van der Waals surface area contributed by atoms with Gasteiger partial charge in [0.15, 0.2) is 0 Å². The third-order valence-corrected chi connectivity index (χ3v) is 11.9. The van der Waals surface area contributed by atoms with Gasteiger partial charge < -0.3 is 9.32 Å². The standard InChI is InChI=1S/C50H31NOS/c1-3-14-32(15-4-1)36-30-31-44(47-42-20-9-10-27-46(42)52-48(36)47)51(43-25-12-22-38-35-19-8-7-18-34(35)28-29-39(38)43)45-26-13-24-41-40-23-11-21-37(49(40)53-50(41)45)33-16-5-2-6-17-33/h1-31H. The van der Waals surface area contributed by atoms with Crippen LogP contribution in [-0.4, -0.2) is 0 Å². The van der Waals surface area contributed by atoms with E-state index in [1.807, 2.05) is 11.3 Å². The van der Waals surface area contributed by atoms with Gasteiger partial charge in [0.05, 0.1) is 27.1 Å². The Balaban J connectivity index is 1.27. The first-order valence-corrected chi connectivity index (χ1v) is 18.8. The molecule has 0 aliphatic carbocycles. The molecule has 2 nitrogen and oxygen atoms in total. The molecule has 0 atom stereocenters. The van der Waals surface area contributed by atoms with Crippen LogP contribution in [0.5, 0.6) is 0 Å². The molecule has 0 N–H and O–H groups in total. The summed E-state index contributed by atoms with van der Waals surface area (Å²) in [5.41, 5.74) is 9.81. The quantitative estimate of drug-likeness (QED) is 0.167. The lowest BCUT2D eigenvalue weighted by molar-refractivity contribution is 0.670. The molecule has 248 valence electrons. The maximum Gasteiger partial charge on any atom is 0.145 e. The van der Waals surface area contributed by atoms with Crippen LogP contribution in [0.3, 0.4) is 0 Å². The summed E-state index contributed by atoms with van der Waals surface area (Å²) in [6.45, 7) is 0. The molecule has 3 heteroatoms. The number of nitrogens with zero attached hydrogens (tertiary/aromatic N) is 1. The van der Waals surface area contributed by atoms with E-state index in [-0.39, 0.29) is 0 Å².